The fourth-order valence-corrected chi connectivity index (χ4v) is 3.11. The molecule has 0 aliphatic rings. The Bertz CT molecular complexity index is 488. The summed E-state index contributed by atoms with van der Waals surface area (Å²) < 4.78 is 41.7. The van der Waals surface area contributed by atoms with Gasteiger partial charge in [0.05, 0.1) is 11.5 Å². The topological polar surface area (TPSA) is 43.4 Å². The van der Waals surface area contributed by atoms with Crippen molar-refractivity contribution in [2.24, 2.45) is 0 Å². The molecule has 0 unspecified atom stereocenters. The van der Waals surface area contributed by atoms with Crippen molar-refractivity contribution in [3.05, 3.63) is 29.6 Å². The molecule has 0 aliphatic heterocycles. The van der Waals surface area contributed by atoms with Gasteiger partial charge in [-0.25, -0.2) is 12.8 Å². The normalized spacial score (nSPS) is 11.5. The number of halogens is 2. The third-order valence-electron chi connectivity index (χ3n) is 2.35. The summed E-state index contributed by atoms with van der Waals surface area (Å²) in [5.74, 6) is -0.295. The second kappa shape index (κ2) is 7.09. The molecule has 1 aromatic carbocycles. The molecule has 102 valence electrons. The SMILES string of the molecule is CCCS(=O)(=O)CCOc1c(F)cccc1CBr. The van der Waals surface area contributed by atoms with Gasteiger partial charge in [0.2, 0.25) is 0 Å². The Morgan fingerprint density at radius 2 is 2.06 bits per heavy atom. The van der Waals surface area contributed by atoms with Crippen LogP contribution < -0.4 is 4.74 Å². The van der Waals surface area contributed by atoms with Crippen LogP contribution in [0, 0.1) is 5.82 Å². The van der Waals surface area contributed by atoms with Gasteiger partial charge in [-0.3, -0.25) is 0 Å². The molecule has 0 N–H and O–H groups in total. The summed E-state index contributed by atoms with van der Waals surface area (Å²) in [6.07, 6.45) is 0.578. The maximum atomic E-state index is 13.5. The highest BCUT2D eigenvalue weighted by atomic mass is 79.9. The average Bonchev–Trinajstić information content (AvgIpc) is 2.30. The van der Waals surface area contributed by atoms with Crippen LogP contribution in [-0.2, 0) is 15.2 Å². The predicted molar refractivity (Wildman–Crippen MR) is 73.5 cm³/mol. The van der Waals surface area contributed by atoms with Gasteiger partial charge in [-0.1, -0.05) is 35.0 Å². The minimum absolute atomic E-state index is 0.0245. The van der Waals surface area contributed by atoms with Crippen LogP contribution in [0.2, 0.25) is 0 Å². The largest absolute Gasteiger partial charge is 0.489 e. The van der Waals surface area contributed by atoms with E-state index in [2.05, 4.69) is 15.9 Å². The number of rotatable bonds is 7. The maximum absolute atomic E-state index is 13.5. The highest BCUT2D eigenvalue weighted by molar-refractivity contribution is 9.08. The Labute approximate surface area is 115 Å². The van der Waals surface area contributed by atoms with Crippen LogP contribution in [-0.4, -0.2) is 26.5 Å². The van der Waals surface area contributed by atoms with Crippen molar-refractivity contribution in [3.8, 4) is 5.75 Å². The molecule has 1 aromatic rings. The Morgan fingerprint density at radius 1 is 1.33 bits per heavy atom. The van der Waals surface area contributed by atoms with Crippen LogP contribution in [0.5, 0.6) is 5.75 Å². The van der Waals surface area contributed by atoms with Gasteiger partial charge in [-0.05, 0) is 12.5 Å². The second-order valence-electron chi connectivity index (χ2n) is 3.86. The van der Waals surface area contributed by atoms with Crippen molar-refractivity contribution in [1.29, 1.82) is 0 Å². The summed E-state index contributed by atoms with van der Waals surface area (Å²) in [6, 6.07) is 4.61. The van der Waals surface area contributed by atoms with Gasteiger partial charge in [0.25, 0.3) is 0 Å². The number of para-hydroxylation sites is 1. The molecule has 6 heteroatoms. The summed E-state index contributed by atoms with van der Waals surface area (Å²) in [7, 11) is -3.09. The smallest absolute Gasteiger partial charge is 0.165 e. The van der Waals surface area contributed by atoms with Crippen molar-refractivity contribution < 1.29 is 17.5 Å². The maximum Gasteiger partial charge on any atom is 0.165 e. The first-order chi connectivity index (χ1) is 8.50. The van der Waals surface area contributed by atoms with E-state index >= 15 is 0 Å². The Morgan fingerprint density at radius 3 is 2.67 bits per heavy atom. The summed E-state index contributed by atoms with van der Waals surface area (Å²) in [5.41, 5.74) is 0.669. The molecule has 0 radical (unpaired) electrons. The lowest BCUT2D eigenvalue weighted by atomic mass is 10.2. The van der Waals surface area contributed by atoms with Crippen LogP contribution in [0.25, 0.3) is 0 Å². The minimum Gasteiger partial charge on any atom is -0.489 e. The Hall–Kier alpha value is -0.620. The molecule has 0 saturated heterocycles. The number of hydrogen-bond donors (Lipinski definition) is 0. The third kappa shape index (κ3) is 4.57. The number of ether oxygens (including phenoxy) is 1. The zero-order valence-corrected chi connectivity index (χ0v) is 12.6. The van der Waals surface area contributed by atoms with Crippen LogP contribution in [0.4, 0.5) is 4.39 Å². The highest BCUT2D eigenvalue weighted by Gasteiger charge is 2.12. The van der Waals surface area contributed by atoms with E-state index in [1.165, 1.54) is 6.07 Å². The molecule has 0 heterocycles. The lowest BCUT2D eigenvalue weighted by Crippen LogP contribution is -2.17. The van der Waals surface area contributed by atoms with Crippen molar-refractivity contribution in [2.75, 3.05) is 18.1 Å². The molecule has 0 saturated carbocycles. The molecule has 3 nitrogen and oxygen atoms in total. The lowest BCUT2D eigenvalue weighted by molar-refractivity contribution is 0.319. The third-order valence-corrected chi connectivity index (χ3v) is 4.77. The quantitative estimate of drug-likeness (QED) is 0.718. The molecular formula is C12H16BrFO3S. The van der Waals surface area contributed by atoms with Gasteiger partial charge < -0.3 is 4.74 Å². The molecule has 18 heavy (non-hydrogen) atoms. The molecule has 0 aromatic heterocycles. The van der Waals surface area contributed by atoms with E-state index in [9.17, 15) is 12.8 Å². The summed E-state index contributed by atoms with van der Waals surface area (Å²) in [5, 5.41) is 0.460. The molecule has 0 spiro atoms. The molecule has 0 bridgehead atoms. The van der Waals surface area contributed by atoms with Crippen LogP contribution >= 0.6 is 15.9 Å². The summed E-state index contributed by atoms with van der Waals surface area (Å²) in [4.78, 5) is 0. The number of alkyl halides is 1. The average molecular weight is 339 g/mol. The van der Waals surface area contributed by atoms with Gasteiger partial charge in [-0.2, -0.15) is 0 Å². The van der Waals surface area contributed by atoms with Crippen molar-refractivity contribution >= 4 is 25.8 Å². The molecule has 0 atom stereocenters. The Balaban J connectivity index is 2.64. The fourth-order valence-electron chi connectivity index (χ4n) is 1.50. The minimum atomic E-state index is -3.09. The van der Waals surface area contributed by atoms with Crippen LogP contribution in [0.15, 0.2) is 18.2 Å². The molecule has 0 fully saturated rings. The zero-order chi connectivity index (χ0) is 13.6. The van der Waals surface area contributed by atoms with E-state index in [4.69, 9.17) is 4.74 Å². The van der Waals surface area contributed by atoms with E-state index < -0.39 is 15.7 Å². The summed E-state index contributed by atoms with van der Waals surface area (Å²) in [6.45, 7) is 1.78. The van der Waals surface area contributed by atoms with Gasteiger partial charge in [-0.15, -0.1) is 0 Å². The fraction of sp³-hybridized carbons (Fsp3) is 0.500. The first-order valence-corrected chi connectivity index (χ1v) is 8.61. The van der Waals surface area contributed by atoms with E-state index in [-0.39, 0.29) is 23.9 Å². The van der Waals surface area contributed by atoms with E-state index in [1.807, 2.05) is 0 Å². The Kier molecular flexibility index (Phi) is 6.08. The van der Waals surface area contributed by atoms with E-state index in [0.29, 0.717) is 17.3 Å². The van der Waals surface area contributed by atoms with E-state index in [1.54, 1.807) is 19.1 Å². The van der Waals surface area contributed by atoms with Gasteiger partial charge >= 0.3 is 0 Å². The van der Waals surface area contributed by atoms with Crippen molar-refractivity contribution in [1.82, 2.24) is 0 Å². The molecular weight excluding hydrogens is 323 g/mol. The van der Waals surface area contributed by atoms with E-state index in [0.717, 1.165) is 0 Å². The number of hydrogen-bond acceptors (Lipinski definition) is 3. The number of benzene rings is 1. The number of sulfone groups is 1. The first kappa shape index (κ1) is 15.4. The predicted octanol–water partition coefficient (Wildman–Crippen LogP) is 2.92. The summed E-state index contributed by atoms with van der Waals surface area (Å²) >= 11 is 3.23. The standard InChI is InChI=1S/C12H16BrFO3S/c1-2-7-18(15,16)8-6-17-12-10(9-13)4-3-5-11(12)14/h3-5H,2,6-9H2,1H3. The van der Waals surface area contributed by atoms with Crippen molar-refractivity contribution in [2.45, 2.75) is 18.7 Å². The zero-order valence-electron chi connectivity index (χ0n) is 10.2. The van der Waals surface area contributed by atoms with Crippen LogP contribution in [0.3, 0.4) is 0 Å². The molecule has 0 amide bonds. The van der Waals surface area contributed by atoms with Gasteiger partial charge in [0.15, 0.2) is 21.4 Å². The van der Waals surface area contributed by atoms with Crippen molar-refractivity contribution in [3.63, 3.8) is 0 Å². The van der Waals surface area contributed by atoms with Gasteiger partial charge in [0, 0.05) is 10.9 Å². The molecule has 1 rings (SSSR count). The van der Waals surface area contributed by atoms with Crippen LogP contribution in [0.1, 0.15) is 18.9 Å². The molecule has 0 aliphatic carbocycles. The monoisotopic (exact) mass is 338 g/mol. The lowest BCUT2D eigenvalue weighted by Gasteiger charge is -2.11. The second-order valence-corrected chi connectivity index (χ2v) is 6.73. The highest BCUT2D eigenvalue weighted by Crippen LogP contribution is 2.24. The first-order valence-electron chi connectivity index (χ1n) is 5.66. The van der Waals surface area contributed by atoms with Gasteiger partial charge in [0.1, 0.15) is 6.61 Å².